The minimum atomic E-state index is 0.0681. The van der Waals surface area contributed by atoms with Crippen LogP contribution in [-0.2, 0) is 11.2 Å². The first kappa shape index (κ1) is 18.7. The summed E-state index contributed by atoms with van der Waals surface area (Å²) in [6.45, 7) is 6.68. The molecule has 1 aromatic carbocycles. The van der Waals surface area contributed by atoms with Crippen molar-refractivity contribution in [2.75, 3.05) is 53.4 Å². The van der Waals surface area contributed by atoms with Gasteiger partial charge in [0.15, 0.2) is 0 Å². The Hall–Kier alpha value is -1.59. The zero-order valence-corrected chi connectivity index (χ0v) is 15.1. The molecule has 24 heavy (non-hydrogen) atoms. The molecule has 1 fully saturated rings. The molecule has 0 atom stereocenters. The number of carbonyl (C=O) groups is 1. The predicted octanol–water partition coefficient (Wildman–Crippen LogP) is 1.77. The fourth-order valence-corrected chi connectivity index (χ4v) is 3.02. The molecule has 0 aromatic heterocycles. The van der Waals surface area contributed by atoms with E-state index in [2.05, 4.69) is 22.2 Å². The lowest BCUT2D eigenvalue weighted by Crippen LogP contribution is -2.44. The molecule has 1 heterocycles. The number of benzene rings is 1. The molecule has 0 radical (unpaired) electrons. The summed E-state index contributed by atoms with van der Waals surface area (Å²) in [4.78, 5) is 16.9. The molecule has 1 aliphatic rings. The van der Waals surface area contributed by atoms with Crippen LogP contribution in [0.5, 0.6) is 5.75 Å². The molecule has 0 aliphatic carbocycles. The molecule has 1 saturated heterocycles. The van der Waals surface area contributed by atoms with E-state index in [1.807, 2.05) is 24.3 Å². The Morgan fingerprint density at radius 2 is 1.88 bits per heavy atom. The van der Waals surface area contributed by atoms with Crippen LogP contribution in [0.3, 0.4) is 0 Å². The van der Waals surface area contributed by atoms with Crippen molar-refractivity contribution >= 4 is 5.91 Å². The molecular weight excluding hydrogens is 302 g/mol. The summed E-state index contributed by atoms with van der Waals surface area (Å²) in [5.41, 5.74) is 0.938. The van der Waals surface area contributed by atoms with Crippen molar-refractivity contribution in [3.63, 3.8) is 0 Å². The first-order valence-electron chi connectivity index (χ1n) is 8.98. The van der Waals surface area contributed by atoms with Crippen molar-refractivity contribution < 1.29 is 9.53 Å². The minimum absolute atomic E-state index is 0.0681. The van der Waals surface area contributed by atoms with Crippen LogP contribution < -0.4 is 10.1 Å². The normalized spacial score (nSPS) is 16.1. The van der Waals surface area contributed by atoms with Crippen LogP contribution in [0.15, 0.2) is 24.3 Å². The maximum Gasteiger partial charge on any atom is 0.224 e. The number of likely N-dealkylation sites (N-methyl/N-ethyl adjacent to an activating group) is 1. The molecule has 1 aromatic rings. The molecule has 1 aliphatic heterocycles. The summed E-state index contributed by atoms with van der Waals surface area (Å²) in [5, 5.41) is 3.01. The molecule has 2 rings (SSSR count). The number of para-hydroxylation sites is 1. The molecule has 5 nitrogen and oxygen atoms in total. The van der Waals surface area contributed by atoms with Gasteiger partial charge < -0.3 is 19.9 Å². The Bertz CT molecular complexity index is 499. The quantitative estimate of drug-likeness (QED) is 0.700. The smallest absolute Gasteiger partial charge is 0.224 e. The fourth-order valence-electron chi connectivity index (χ4n) is 3.02. The Kier molecular flexibility index (Phi) is 8.05. The van der Waals surface area contributed by atoms with Crippen LogP contribution in [0.25, 0.3) is 0 Å². The van der Waals surface area contributed by atoms with Crippen molar-refractivity contribution in [2.45, 2.75) is 25.7 Å². The second-order valence-electron chi connectivity index (χ2n) is 6.54. The zero-order valence-electron chi connectivity index (χ0n) is 15.1. The zero-order chi connectivity index (χ0) is 17.2. The van der Waals surface area contributed by atoms with Crippen LogP contribution in [0.2, 0.25) is 0 Å². The van der Waals surface area contributed by atoms with Gasteiger partial charge in [0.1, 0.15) is 5.75 Å². The highest BCUT2D eigenvalue weighted by molar-refractivity contribution is 5.79. The maximum atomic E-state index is 12.0. The lowest BCUT2D eigenvalue weighted by molar-refractivity contribution is -0.120. The number of methoxy groups -OCH3 is 1. The summed E-state index contributed by atoms with van der Waals surface area (Å²) in [5.74, 6) is 0.846. The lowest BCUT2D eigenvalue weighted by Gasteiger charge is -2.32. The SMILES string of the molecule is COc1ccccc1CC(=O)NCCCCCN1CCN(C)CC1. The van der Waals surface area contributed by atoms with E-state index in [0.717, 1.165) is 24.3 Å². The minimum Gasteiger partial charge on any atom is -0.496 e. The number of amides is 1. The van der Waals surface area contributed by atoms with E-state index in [1.165, 1.54) is 45.6 Å². The van der Waals surface area contributed by atoms with Gasteiger partial charge in [-0.05, 0) is 32.5 Å². The van der Waals surface area contributed by atoms with E-state index in [-0.39, 0.29) is 5.91 Å². The Labute approximate surface area is 146 Å². The van der Waals surface area contributed by atoms with Crippen LogP contribution in [0.4, 0.5) is 0 Å². The van der Waals surface area contributed by atoms with Crippen LogP contribution in [0, 0.1) is 0 Å². The van der Waals surface area contributed by atoms with Crippen LogP contribution in [-0.4, -0.2) is 69.1 Å². The van der Waals surface area contributed by atoms with E-state index in [4.69, 9.17) is 4.74 Å². The molecule has 1 amide bonds. The van der Waals surface area contributed by atoms with Crippen molar-refractivity contribution in [3.05, 3.63) is 29.8 Å². The van der Waals surface area contributed by atoms with Crippen molar-refractivity contribution in [2.24, 2.45) is 0 Å². The lowest BCUT2D eigenvalue weighted by atomic mass is 10.1. The van der Waals surface area contributed by atoms with Gasteiger partial charge in [0.2, 0.25) is 5.91 Å². The number of unbranched alkanes of at least 4 members (excludes halogenated alkanes) is 2. The molecule has 5 heteroatoms. The van der Waals surface area contributed by atoms with Crippen LogP contribution >= 0.6 is 0 Å². The molecular formula is C19H31N3O2. The summed E-state index contributed by atoms with van der Waals surface area (Å²) in [6, 6.07) is 7.68. The van der Waals surface area contributed by atoms with Crippen LogP contribution in [0.1, 0.15) is 24.8 Å². The number of ether oxygens (including phenoxy) is 1. The number of hydrogen-bond acceptors (Lipinski definition) is 4. The van der Waals surface area contributed by atoms with Gasteiger partial charge in [0, 0.05) is 38.3 Å². The highest BCUT2D eigenvalue weighted by atomic mass is 16.5. The Balaban J connectivity index is 1.53. The number of piperazine rings is 1. The second kappa shape index (κ2) is 10.3. The van der Waals surface area contributed by atoms with E-state index >= 15 is 0 Å². The molecule has 0 saturated carbocycles. The standard InChI is InChI=1S/C19H31N3O2/c1-21-12-14-22(15-13-21)11-7-3-6-10-20-19(23)16-17-8-4-5-9-18(17)24-2/h4-5,8-9H,3,6-7,10-16H2,1-2H3,(H,20,23). The van der Waals surface area contributed by atoms with Gasteiger partial charge in [-0.2, -0.15) is 0 Å². The molecule has 1 N–H and O–H groups in total. The first-order valence-corrected chi connectivity index (χ1v) is 8.98. The number of hydrogen-bond donors (Lipinski definition) is 1. The van der Waals surface area contributed by atoms with E-state index < -0.39 is 0 Å². The van der Waals surface area contributed by atoms with Gasteiger partial charge in [0.25, 0.3) is 0 Å². The van der Waals surface area contributed by atoms with Crippen molar-refractivity contribution in [1.29, 1.82) is 0 Å². The third kappa shape index (κ3) is 6.49. The van der Waals surface area contributed by atoms with Gasteiger partial charge in [-0.1, -0.05) is 24.6 Å². The summed E-state index contributed by atoms with van der Waals surface area (Å²) >= 11 is 0. The van der Waals surface area contributed by atoms with E-state index in [0.29, 0.717) is 6.42 Å². The average Bonchev–Trinajstić information content (AvgIpc) is 2.60. The third-order valence-corrected chi connectivity index (χ3v) is 4.61. The highest BCUT2D eigenvalue weighted by Gasteiger charge is 2.12. The second-order valence-corrected chi connectivity index (χ2v) is 6.54. The molecule has 0 spiro atoms. The first-order chi connectivity index (χ1) is 11.7. The van der Waals surface area contributed by atoms with Gasteiger partial charge in [-0.25, -0.2) is 0 Å². The molecule has 134 valence electrons. The van der Waals surface area contributed by atoms with Crippen molar-refractivity contribution in [3.8, 4) is 5.75 Å². The predicted molar refractivity (Wildman–Crippen MR) is 97.5 cm³/mol. The Morgan fingerprint density at radius 3 is 2.62 bits per heavy atom. The fraction of sp³-hybridized carbons (Fsp3) is 0.632. The molecule has 0 bridgehead atoms. The summed E-state index contributed by atoms with van der Waals surface area (Å²) in [6.07, 6.45) is 3.81. The van der Waals surface area contributed by atoms with E-state index in [1.54, 1.807) is 7.11 Å². The summed E-state index contributed by atoms with van der Waals surface area (Å²) in [7, 11) is 3.82. The van der Waals surface area contributed by atoms with Gasteiger partial charge in [0.05, 0.1) is 13.5 Å². The topological polar surface area (TPSA) is 44.8 Å². The van der Waals surface area contributed by atoms with E-state index in [9.17, 15) is 4.79 Å². The van der Waals surface area contributed by atoms with Crippen molar-refractivity contribution in [1.82, 2.24) is 15.1 Å². The molecule has 0 unspecified atom stereocenters. The number of rotatable bonds is 9. The average molecular weight is 333 g/mol. The highest BCUT2D eigenvalue weighted by Crippen LogP contribution is 2.17. The summed E-state index contributed by atoms with van der Waals surface area (Å²) < 4.78 is 5.28. The number of nitrogens with zero attached hydrogens (tertiary/aromatic N) is 2. The maximum absolute atomic E-state index is 12.0. The third-order valence-electron chi connectivity index (χ3n) is 4.61. The largest absolute Gasteiger partial charge is 0.496 e. The monoisotopic (exact) mass is 333 g/mol. The Morgan fingerprint density at radius 1 is 1.12 bits per heavy atom. The number of carbonyl (C=O) groups excluding carboxylic acids is 1. The van der Waals surface area contributed by atoms with Gasteiger partial charge in [-0.15, -0.1) is 0 Å². The number of nitrogens with one attached hydrogen (secondary N) is 1. The van der Waals surface area contributed by atoms with Gasteiger partial charge >= 0.3 is 0 Å². The van der Waals surface area contributed by atoms with Gasteiger partial charge in [-0.3, -0.25) is 4.79 Å².